The van der Waals surface area contributed by atoms with Gasteiger partial charge in [0, 0.05) is 38.0 Å². The van der Waals surface area contributed by atoms with Gasteiger partial charge in [0.1, 0.15) is 0 Å². The number of non-ortho nitro benzene ring substituents is 1. The number of nitro groups is 1. The molecular weight excluding hydrogens is 258 g/mol. The molecule has 1 aliphatic rings. The van der Waals surface area contributed by atoms with Crippen LogP contribution >= 0.6 is 0 Å². The first-order chi connectivity index (χ1) is 9.49. The maximum atomic E-state index is 10.9. The summed E-state index contributed by atoms with van der Waals surface area (Å²) >= 11 is 0. The van der Waals surface area contributed by atoms with Gasteiger partial charge in [-0.2, -0.15) is 0 Å². The topological polar surface area (TPSA) is 87.7 Å². The quantitative estimate of drug-likeness (QED) is 0.479. The summed E-state index contributed by atoms with van der Waals surface area (Å²) in [7, 11) is 4.07. The second-order valence-electron chi connectivity index (χ2n) is 5.44. The summed E-state index contributed by atoms with van der Waals surface area (Å²) in [6.45, 7) is 3.07. The third kappa shape index (κ3) is 3.37. The second-order valence-corrected chi connectivity index (χ2v) is 5.44. The van der Waals surface area contributed by atoms with E-state index in [-0.39, 0.29) is 5.69 Å². The van der Waals surface area contributed by atoms with E-state index in [1.165, 1.54) is 6.07 Å². The number of hydrazine groups is 1. The number of nitrogens with one attached hydrogen (secondary N) is 1. The summed E-state index contributed by atoms with van der Waals surface area (Å²) in [5, 5.41) is 10.9. The van der Waals surface area contributed by atoms with E-state index < -0.39 is 4.92 Å². The third-order valence-corrected chi connectivity index (χ3v) is 3.74. The van der Waals surface area contributed by atoms with Crippen LogP contribution in [0.4, 0.5) is 17.1 Å². The first-order valence-electron chi connectivity index (χ1n) is 6.65. The van der Waals surface area contributed by atoms with Gasteiger partial charge in [-0.25, -0.2) is 0 Å². The maximum Gasteiger partial charge on any atom is 0.273 e. The summed E-state index contributed by atoms with van der Waals surface area (Å²) in [5.74, 6) is 5.97. The fourth-order valence-electron chi connectivity index (χ4n) is 2.67. The van der Waals surface area contributed by atoms with E-state index in [1.54, 1.807) is 6.07 Å². The Hall–Kier alpha value is -1.86. The average molecular weight is 279 g/mol. The number of benzene rings is 1. The molecule has 110 valence electrons. The summed E-state index contributed by atoms with van der Waals surface area (Å²) in [6, 6.07) is 4.84. The van der Waals surface area contributed by atoms with Crippen LogP contribution in [0.15, 0.2) is 18.2 Å². The van der Waals surface area contributed by atoms with Crippen LogP contribution in [0, 0.1) is 16.0 Å². The van der Waals surface area contributed by atoms with Gasteiger partial charge in [0.2, 0.25) is 0 Å². The van der Waals surface area contributed by atoms with Crippen molar-refractivity contribution in [3.05, 3.63) is 28.3 Å². The fourth-order valence-corrected chi connectivity index (χ4v) is 2.67. The highest BCUT2D eigenvalue weighted by molar-refractivity contribution is 5.63. The van der Waals surface area contributed by atoms with Crippen LogP contribution in [0.5, 0.6) is 0 Å². The number of nitrogens with two attached hydrogens (primary N) is 1. The van der Waals surface area contributed by atoms with E-state index >= 15 is 0 Å². The lowest BCUT2D eigenvalue weighted by Gasteiger charge is -2.23. The predicted octanol–water partition coefficient (Wildman–Crippen LogP) is 1.27. The van der Waals surface area contributed by atoms with Crippen LogP contribution in [0.1, 0.15) is 6.42 Å². The van der Waals surface area contributed by atoms with Crippen molar-refractivity contribution in [2.24, 2.45) is 11.8 Å². The molecule has 1 aromatic carbocycles. The molecule has 0 aromatic heterocycles. The van der Waals surface area contributed by atoms with Crippen molar-refractivity contribution in [2.75, 3.05) is 44.1 Å². The van der Waals surface area contributed by atoms with E-state index in [4.69, 9.17) is 5.84 Å². The largest absolute Gasteiger partial charge is 0.374 e. The minimum atomic E-state index is -0.401. The highest BCUT2D eigenvalue weighted by Gasteiger charge is 2.21. The molecule has 0 bridgehead atoms. The molecule has 1 heterocycles. The Balaban J connectivity index is 2.13. The van der Waals surface area contributed by atoms with Gasteiger partial charge >= 0.3 is 0 Å². The van der Waals surface area contributed by atoms with E-state index in [1.807, 2.05) is 13.1 Å². The molecule has 1 unspecified atom stereocenters. The van der Waals surface area contributed by atoms with Crippen molar-refractivity contribution in [3.8, 4) is 0 Å². The fraction of sp³-hybridized carbons (Fsp3) is 0.538. The lowest BCUT2D eigenvalue weighted by atomic mass is 10.1. The molecule has 0 spiro atoms. The smallest absolute Gasteiger partial charge is 0.273 e. The number of anilines is 2. The highest BCUT2D eigenvalue weighted by atomic mass is 16.6. The maximum absolute atomic E-state index is 10.9. The van der Waals surface area contributed by atoms with Gasteiger partial charge in [0.25, 0.3) is 5.69 Å². The normalized spacial score (nSPS) is 19.1. The molecule has 0 amide bonds. The van der Waals surface area contributed by atoms with E-state index in [0.29, 0.717) is 11.6 Å². The van der Waals surface area contributed by atoms with Crippen molar-refractivity contribution >= 4 is 17.1 Å². The summed E-state index contributed by atoms with van der Waals surface area (Å²) in [6.07, 6.45) is 1.16. The van der Waals surface area contributed by atoms with Crippen LogP contribution in [-0.2, 0) is 0 Å². The summed E-state index contributed by atoms with van der Waals surface area (Å²) in [4.78, 5) is 14.9. The van der Waals surface area contributed by atoms with Crippen molar-refractivity contribution < 1.29 is 4.92 Å². The molecule has 0 radical (unpaired) electrons. The lowest BCUT2D eigenvalue weighted by Crippen LogP contribution is -2.27. The van der Waals surface area contributed by atoms with Gasteiger partial charge in [-0.15, -0.1) is 0 Å². The molecular formula is C13H21N5O2. The van der Waals surface area contributed by atoms with Gasteiger partial charge in [0.15, 0.2) is 0 Å². The van der Waals surface area contributed by atoms with Crippen molar-refractivity contribution in [3.63, 3.8) is 0 Å². The van der Waals surface area contributed by atoms with Gasteiger partial charge < -0.3 is 15.2 Å². The molecule has 1 saturated heterocycles. The third-order valence-electron chi connectivity index (χ3n) is 3.74. The van der Waals surface area contributed by atoms with E-state index in [2.05, 4.69) is 22.3 Å². The Morgan fingerprint density at radius 3 is 2.85 bits per heavy atom. The molecule has 3 N–H and O–H groups in total. The summed E-state index contributed by atoms with van der Waals surface area (Å²) < 4.78 is 0. The van der Waals surface area contributed by atoms with Gasteiger partial charge in [0.05, 0.1) is 10.6 Å². The highest BCUT2D eigenvalue weighted by Crippen LogP contribution is 2.27. The van der Waals surface area contributed by atoms with Crippen LogP contribution in [0.2, 0.25) is 0 Å². The number of rotatable bonds is 5. The number of likely N-dealkylation sites (tertiary alicyclic amines) is 1. The van der Waals surface area contributed by atoms with Crippen LogP contribution in [0.3, 0.4) is 0 Å². The predicted molar refractivity (Wildman–Crippen MR) is 79.8 cm³/mol. The first kappa shape index (κ1) is 14.5. The molecule has 2 rings (SSSR count). The number of nitrogens with zero attached hydrogens (tertiary/aromatic N) is 3. The van der Waals surface area contributed by atoms with Crippen molar-refractivity contribution in [1.82, 2.24) is 4.90 Å². The number of nitrogen functional groups attached to an aromatic ring is 1. The lowest BCUT2D eigenvalue weighted by molar-refractivity contribution is -0.384. The molecule has 0 aliphatic carbocycles. The zero-order valence-corrected chi connectivity index (χ0v) is 11.9. The molecule has 1 atom stereocenters. The second kappa shape index (κ2) is 6.06. The van der Waals surface area contributed by atoms with Crippen LogP contribution < -0.4 is 16.2 Å². The first-order valence-corrected chi connectivity index (χ1v) is 6.65. The zero-order chi connectivity index (χ0) is 14.7. The number of nitro benzene ring substituents is 1. The molecule has 1 aromatic rings. The minimum Gasteiger partial charge on any atom is -0.374 e. The Labute approximate surface area is 118 Å². The Bertz CT molecular complexity index is 494. The average Bonchev–Trinajstić information content (AvgIpc) is 2.83. The Morgan fingerprint density at radius 2 is 2.30 bits per heavy atom. The molecule has 1 aliphatic heterocycles. The van der Waals surface area contributed by atoms with E-state index in [0.717, 1.165) is 31.7 Å². The van der Waals surface area contributed by atoms with Crippen molar-refractivity contribution in [2.45, 2.75) is 6.42 Å². The van der Waals surface area contributed by atoms with Gasteiger partial charge in [-0.1, -0.05) is 0 Å². The number of hydrogen-bond acceptors (Lipinski definition) is 6. The summed E-state index contributed by atoms with van der Waals surface area (Å²) in [5.41, 5.74) is 3.88. The SMILES string of the molecule is CN1CCC(CN(C)c2cc(NN)cc([N+](=O)[O-])c2)C1. The van der Waals surface area contributed by atoms with Gasteiger partial charge in [-0.05, 0) is 32.0 Å². The molecule has 0 saturated carbocycles. The minimum absolute atomic E-state index is 0.0471. The molecule has 1 fully saturated rings. The zero-order valence-electron chi connectivity index (χ0n) is 11.9. The van der Waals surface area contributed by atoms with E-state index in [9.17, 15) is 10.1 Å². The number of hydrogen-bond donors (Lipinski definition) is 2. The Kier molecular flexibility index (Phi) is 4.41. The Morgan fingerprint density at radius 1 is 1.55 bits per heavy atom. The molecule has 20 heavy (non-hydrogen) atoms. The van der Waals surface area contributed by atoms with Crippen LogP contribution in [0.25, 0.3) is 0 Å². The van der Waals surface area contributed by atoms with Crippen LogP contribution in [-0.4, -0.2) is 43.6 Å². The molecule has 7 heteroatoms. The monoisotopic (exact) mass is 279 g/mol. The van der Waals surface area contributed by atoms with Crippen molar-refractivity contribution in [1.29, 1.82) is 0 Å². The van der Waals surface area contributed by atoms with Gasteiger partial charge in [-0.3, -0.25) is 16.0 Å². The standard InChI is InChI=1S/C13H21N5O2/c1-16-4-3-10(8-16)9-17(2)12-5-11(15-14)6-13(7-12)18(19)20/h5-7,10,15H,3-4,8-9,14H2,1-2H3. The molecule has 7 nitrogen and oxygen atoms in total.